The first-order chi connectivity index (χ1) is 14.6. The van der Waals surface area contributed by atoms with Gasteiger partial charge in [-0.15, -0.1) is 0 Å². The van der Waals surface area contributed by atoms with Crippen molar-refractivity contribution in [3.05, 3.63) is 86.4 Å². The standard InChI is InChI=1S/C13H8BrN5.C7H4BrIN2/c14-10-1-2-12-16-6-11(18(12)8-10)9-5-15-13-3-4-17-19(13)7-9;8-5-1-2-7-10-3-6(9)11(7)4-5/h1-8H;1-4H. The molecule has 0 unspecified atom stereocenters. The Morgan fingerprint density at radius 1 is 0.700 bits per heavy atom. The lowest BCUT2D eigenvalue weighted by Crippen LogP contribution is -1.93. The summed E-state index contributed by atoms with van der Waals surface area (Å²) in [7, 11) is 0. The lowest BCUT2D eigenvalue weighted by molar-refractivity contribution is 0.939. The molecule has 0 spiro atoms. The molecule has 6 heterocycles. The van der Waals surface area contributed by atoms with Crippen LogP contribution in [0.15, 0.2) is 82.7 Å². The van der Waals surface area contributed by atoms with E-state index in [4.69, 9.17) is 0 Å². The average Bonchev–Trinajstić information content (AvgIpc) is 3.46. The van der Waals surface area contributed by atoms with Gasteiger partial charge in [-0.3, -0.25) is 8.80 Å². The molecular weight excluding hydrogens is 625 g/mol. The first-order valence-electron chi connectivity index (χ1n) is 8.79. The van der Waals surface area contributed by atoms with Crippen molar-refractivity contribution in [3.63, 3.8) is 0 Å². The Balaban J connectivity index is 0.000000149. The summed E-state index contributed by atoms with van der Waals surface area (Å²) in [6, 6.07) is 9.77. The molecule has 0 amide bonds. The largest absolute Gasteiger partial charge is 0.298 e. The third-order valence-electron chi connectivity index (χ3n) is 4.44. The smallest absolute Gasteiger partial charge is 0.154 e. The molecule has 6 aromatic rings. The monoisotopic (exact) mass is 635 g/mol. The van der Waals surface area contributed by atoms with Crippen molar-refractivity contribution in [2.75, 3.05) is 0 Å². The second kappa shape index (κ2) is 8.08. The molecule has 7 nitrogen and oxygen atoms in total. The van der Waals surface area contributed by atoms with Gasteiger partial charge in [0.1, 0.15) is 15.0 Å². The van der Waals surface area contributed by atoms with Gasteiger partial charge >= 0.3 is 0 Å². The van der Waals surface area contributed by atoms with Crippen molar-refractivity contribution in [1.29, 1.82) is 0 Å². The summed E-state index contributed by atoms with van der Waals surface area (Å²) in [6.45, 7) is 0. The van der Waals surface area contributed by atoms with E-state index in [9.17, 15) is 0 Å². The molecular formula is C20H12Br2IN7. The van der Waals surface area contributed by atoms with Crippen molar-refractivity contribution in [2.45, 2.75) is 0 Å². The highest BCUT2D eigenvalue weighted by Gasteiger charge is 2.08. The summed E-state index contributed by atoms with van der Waals surface area (Å²) in [5.74, 6) is 0. The van der Waals surface area contributed by atoms with Gasteiger partial charge in [-0.25, -0.2) is 19.5 Å². The first kappa shape index (κ1) is 19.6. The molecule has 0 aliphatic rings. The summed E-state index contributed by atoms with van der Waals surface area (Å²) in [4.78, 5) is 13.0. The molecule has 0 aromatic carbocycles. The number of aromatic nitrogens is 7. The van der Waals surface area contributed by atoms with Crippen molar-refractivity contribution >= 4 is 71.4 Å². The molecule has 0 aliphatic carbocycles. The molecule has 30 heavy (non-hydrogen) atoms. The normalized spacial score (nSPS) is 11.2. The summed E-state index contributed by atoms with van der Waals surface area (Å²) in [6.07, 6.45) is 13.2. The van der Waals surface area contributed by atoms with Gasteiger partial charge in [0.2, 0.25) is 0 Å². The van der Waals surface area contributed by atoms with Crippen LogP contribution in [-0.4, -0.2) is 33.4 Å². The van der Waals surface area contributed by atoms with Crippen LogP contribution in [0.5, 0.6) is 0 Å². The van der Waals surface area contributed by atoms with Gasteiger partial charge in [0.15, 0.2) is 5.65 Å². The van der Waals surface area contributed by atoms with E-state index in [1.165, 1.54) is 0 Å². The number of imidazole rings is 2. The predicted octanol–water partition coefficient (Wildman–Crippen LogP) is 5.51. The second-order valence-corrected chi connectivity index (χ2v) is 9.29. The van der Waals surface area contributed by atoms with E-state index < -0.39 is 0 Å². The van der Waals surface area contributed by atoms with Gasteiger partial charge in [0.25, 0.3) is 0 Å². The fourth-order valence-electron chi connectivity index (χ4n) is 3.04. The fraction of sp³-hybridized carbons (Fsp3) is 0. The molecule has 0 bridgehead atoms. The zero-order valence-electron chi connectivity index (χ0n) is 15.2. The molecule has 0 N–H and O–H groups in total. The van der Waals surface area contributed by atoms with Crippen LogP contribution in [0.1, 0.15) is 0 Å². The maximum atomic E-state index is 4.39. The van der Waals surface area contributed by atoms with Crippen molar-refractivity contribution in [2.24, 2.45) is 0 Å². The van der Waals surface area contributed by atoms with Crippen LogP contribution in [0.4, 0.5) is 0 Å². The zero-order valence-corrected chi connectivity index (χ0v) is 20.5. The Morgan fingerprint density at radius 2 is 1.37 bits per heavy atom. The molecule has 0 fully saturated rings. The van der Waals surface area contributed by atoms with Crippen LogP contribution in [0.3, 0.4) is 0 Å². The maximum absolute atomic E-state index is 4.39. The fourth-order valence-corrected chi connectivity index (χ4v) is 4.23. The Labute approximate surface area is 201 Å². The maximum Gasteiger partial charge on any atom is 0.154 e. The van der Waals surface area contributed by atoms with E-state index in [1.54, 1.807) is 10.7 Å². The number of fused-ring (bicyclic) bond motifs is 3. The third kappa shape index (κ3) is 3.74. The highest BCUT2D eigenvalue weighted by molar-refractivity contribution is 14.1. The average molecular weight is 637 g/mol. The summed E-state index contributed by atoms with van der Waals surface area (Å²) < 4.78 is 9.01. The van der Waals surface area contributed by atoms with Crippen molar-refractivity contribution in [3.8, 4) is 11.3 Å². The summed E-state index contributed by atoms with van der Waals surface area (Å²) in [5, 5.41) is 4.20. The van der Waals surface area contributed by atoms with E-state index >= 15 is 0 Å². The molecule has 10 heteroatoms. The highest BCUT2D eigenvalue weighted by atomic mass is 127. The van der Waals surface area contributed by atoms with Crippen LogP contribution >= 0.6 is 54.5 Å². The van der Waals surface area contributed by atoms with Crippen LogP contribution < -0.4 is 0 Å². The molecule has 0 radical (unpaired) electrons. The Morgan fingerprint density at radius 3 is 2.17 bits per heavy atom. The second-order valence-electron chi connectivity index (χ2n) is 6.35. The Hall–Kier alpha value is -2.31. The lowest BCUT2D eigenvalue weighted by atomic mass is 10.2. The van der Waals surface area contributed by atoms with Crippen LogP contribution in [-0.2, 0) is 0 Å². The van der Waals surface area contributed by atoms with Crippen LogP contribution in [0.25, 0.3) is 28.2 Å². The van der Waals surface area contributed by atoms with Gasteiger partial charge in [-0.2, -0.15) is 5.10 Å². The van der Waals surface area contributed by atoms with Crippen LogP contribution in [0.2, 0.25) is 0 Å². The third-order valence-corrected chi connectivity index (χ3v) is 6.17. The topological polar surface area (TPSA) is 64.8 Å². The van der Waals surface area contributed by atoms with Gasteiger partial charge < -0.3 is 0 Å². The molecule has 0 saturated heterocycles. The van der Waals surface area contributed by atoms with Gasteiger partial charge in [0, 0.05) is 45.4 Å². The van der Waals surface area contributed by atoms with Crippen molar-refractivity contribution < 1.29 is 0 Å². The summed E-state index contributed by atoms with van der Waals surface area (Å²) in [5.41, 5.74) is 4.68. The van der Waals surface area contributed by atoms with E-state index in [2.05, 4.69) is 74.5 Å². The minimum Gasteiger partial charge on any atom is -0.298 e. The van der Waals surface area contributed by atoms with Gasteiger partial charge in [0.05, 0.1) is 24.3 Å². The summed E-state index contributed by atoms with van der Waals surface area (Å²) >= 11 is 9.12. The molecule has 0 saturated carbocycles. The minimum absolute atomic E-state index is 0.832. The lowest BCUT2D eigenvalue weighted by Gasteiger charge is -2.02. The predicted molar refractivity (Wildman–Crippen MR) is 130 cm³/mol. The number of hydrogen-bond acceptors (Lipinski definition) is 4. The number of rotatable bonds is 1. The Bertz CT molecular complexity index is 1500. The zero-order chi connectivity index (χ0) is 20.7. The first-order valence-corrected chi connectivity index (χ1v) is 11.5. The molecule has 6 aromatic heterocycles. The number of halogens is 3. The van der Waals surface area contributed by atoms with E-state index in [0.29, 0.717) is 0 Å². The van der Waals surface area contributed by atoms with Crippen LogP contribution in [0, 0.1) is 3.70 Å². The molecule has 148 valence electrons. The van der Waals surface area contributed by atoms with E-state index in [-0.39, 0.29) is 0 Å². The van der Waals surface area contributed by atoms with Crippen molar-refractivity contribution in [1.82, 2.24) is 33.4 Å². The Kier molecular flexibility index (Phi) is 5.29. The van der Waals surface area contributed by atoms with E-state index in [1.807, 2.05) is 76.3 Å². The van der Waals surface area contributed by atoms with Gasteiger partial charge in [-0.05, 0) is 78.7 Å². The van der Waals surface area contributed by atoms with Gasteiger partial charge in [-0.1, -0.05) is 0 Å². The number of hydrogen-bond donors (Lipinski definition) is 0. The minimum atomic E-state index is 0.832. The SMILES string of the molecule is Brc1ccc2ncc(-c3cnc4ccnn4c3)n2c1.Brc1ccc2ncc(I)n2c1. The molecule has 6 rings (SSSR count). The number of nitrogens with zero attached hydrogens (tertiary/aromatic N) is 7. The quantitative estimate of drug-likeness (QED) is 0.224. The molecule has 0 atom stereocenters. The number of pyridine rings is 2. The van der Waals surface area contributed by atoms with E-state index in [0.717, 1.165) is 40.8 Å². The molecule has 0 aliphatic heterocycles. The highest BCUT2D eigenvalue weighted by Crippen LogP contribution is 2.22.